The van der Waals surface area contributed by atoms with Crippen LogP contribution in [0.5, 0.6) is 0 Å². The van der Waals surface area contributed by atoms with E-state index in [0.717, 1.165) is 25.1 Å². The maximum atomic E-state index is 6.34. The molecule has 19 heavy (non-hydrogen) atoms. The summed E-state index contributed by atoms with van der Waals surface area (Å²) < 4.78 is 7.55. The zero-order chi connectivity index (χ0) is 13.4. The third kappa shape index (κ3) is 2.38. The van der Waals surface area contributed by atoms with Gasteiger partial charge in [-0.1, -0.05) is 18.2 Å². The second-order valence-corrected chi connectivity index (χ2v) is 5.60. The van der Waals surface area contributed by atoms with Crippen LogP contribution in [0.15, 0.2) is 24.3 Å². The van der Waals surface area contributed by atoms with E-state index in [1.165, 1.54) is 10.9 Å². The first-order valence-electron chi connectivity index (χ1n) is 6.93. The van der Waals surface area contributed by atoms with Gasteiger partial charge in [0.25, 0.3) is 0 Å². The van der Waals surface area contributed by atoms with Gasteiger partial charge in [-0.05, 0) is 19.4 Å². The summed E-state index contributed by atoms with van der Waals surface area (Å²) in [5.41, 5.74) is 8.61. The number of aromatic nitrogens is 2. The van der Waals surface area contributed by atoms with Crippen molar-refractivity contribution in [1.82, 2.24) is 9.78 Å². The molecule has 3 unspecified atom stereocenters. The van der Waals surface area contributed by atoms with E-state index in [1.807, 2.05) is 17.8 Å². The zero-order valence-corrected chi connectivity index (χ0v) is 11.5. The molecule has 0 bridgehead atoms. The molecule has 4 heteroatoms. The Morgan fingerprint density at radius 2 is 2.26 bits per heavy atom. The van der Waals surface area contributed by atoms with Gasteiger partial charge >= 0.3 is 0 Å². The fourth-order valence-corrected chi connectivity index (χ4v) is 2.98. The average Bonchev–Trinajstić information content (AvgIpc) is 2.96. The Morgan fingerprint density at radius 1 is 1.47 bits per heavy atom. The van der Waals surface area contributed by atoms with Gasteiger partial charge in [-0.3, -0.25) is 4.68 Å². The largest absolute Gasteiger partial charge is 0.378 e. The smallest absolute Gasteiger partial charge is 0.0718 e. The predicted molar refractivity (Wildman–Crippen MR) is 75.9 cm³/mol. The number of hydrogen-bond donors (Lipinski definition) is 1. The van der Waals surface area contributed by atoms with Crippen molar-refractivity contribution in [3.05, 3.63) is 30.0 Å². The number of aryl methyl sites for hydroxylation is 1. The van der Waals surface area contributed by atoms with E-state index in [0.29, 0.717) is 12.0 Å². The molecule has 3 rings (SSSR count). The van der Waals surface area contributed by atoms with Crippen molar-refractivity contribution in [3.8, 4) is 0 Å². The van der Waals surface area contributed by atoms with Crippen LogP contribution in [0.2, 0.25) is 0 Å². The molecular weight excluding hydrogens is 238 g/mol. The number of nitrogens with two attached hydrogens (primary N) is 1. The number of nitrogens with zero attached hydrogens (tertiary/aromatic N) is 2. The predicted octanol–water partition coefficient (Wildman–Crippen LogP) is 1.87. The van der Waals surface area contributed by atoms with Gasteiger partial charge in [0, 0.05) is 30.8 Å². The highest BCUT2D eigenvalue weighted by atomic mass is 16.5. The summed E-state index contributed by atoms with van der Waals surface area (Å²) in [6.07, 6.45) is 2.23. The average molecular weight is 259 g/mol. The second kappa shape index (κ2) is 4.94. The summed E-state index contributed by atoms with van der Waals surface area (Å²) in [5, 5.41) is 5.83. The minimum atomic E-state index is 0.128. The SMILES string of the molecule is CC1CC(C(N)Cc2nn(C)c3ccccc23)CO1. The van der Waals surface area contributed by atoms with Crippen LogP contribution in [0.25, 0.3) is 10.9 Å². The van der Waals surface area contributed by atoms with Gasteiger partial charge < -0.3 is 10.5 Å². The molecule has 102 valence electrons. The highest BCUT2D eigenvalue weighted by Crippen LogP contribution is 2.25. The molecule has 0 saturated carbocycles. The molecule has 0 radical (unpaired) electrons. The Labute approximate surface area is 113 Å². The summed E-state index contributed by atoms with van der Waals surface area (Å²) in [6.45, 7) is 2.90. The standard InChI is InChI=1S/C15H21N3O/c1-10-7-11(9-19-10)13(16)8-14-12-5-3-4-6-15(12)18(2)17-14/h3-6,10-11,13H,7-9,16H2,1-2H3. The van der Waals surface area contributed by atoms with E-state index in [4.69, 9.17) is 10.5 Å². The number of ether oxygens (including phenoxy) is 1. The van der Waals surface area contributed by atoms with Crippen LogP contribution in [-0.4, -0.2) is 28.5 Å². The second-order valence-electron chi connectivity index (χ2n) is 5.60. The van der Waals surface area contributed by atoms with Crippen molar-refractivity contribution in [1.29, 1.82) is 0 Å². The summed E-state index contributed by atoms with van der Waals surface area (Å²) >= 11 is 0. The van der Waals surface area contributed by atoms with Gasteiger partial charge in [0.15, 0.2) is 0 Å². The van der Waals surface area contributed by atoms with Gasteiger partial charge in [-0.15, -0.1) is 0 Å². The fourth-order valence-electron chi connectivity index (χ4n) is 2.98. The maximum absolute atomic E-state index is 6.34. The lowest BCUT2D eigenvalue weighted by Gasteiger charge is -2.16. The Morgan fingerprint density at radius 3 is 3.00 bits per heavy atom. The quantitative estimate of drug-likeness (QED) is 0.915. The fraction of sp³-hybridized carbons (Fsp3) is 0.533. The Balaban J connectivity index is 1.81. The highest BCUT2D eigenvalue weighted by molar-refractivity contribution is 5.81. The van der Waals surface area contributed by atoms with Crippen LogP contribution >= 0.6 is 0 Å². The maximum Gasteiger partial charge on any atom is 0.0718 e. The molecule has 1 aliphatic rings. The highest BCUT2D eigenvalue weighted by Gasteiger charge is 2.28. The molecular formula is C15H21N3O. The minimum absolute atomic E-state index is 0.128. The van der Waals surface area contributed by atoms with Gasteiger partial charge in [0.05, 0.1) is 23.9 Å². The Bertz CT molecular complexity index is 578. The van der Waals surface area contributed by atoms with E-state index in [-0.39, 0.29) is 6.04 Å². The molecule has 1 aromatic carbocycles. The van der Waals surface area contributed by atoms with Crippen LogP contribution in [-0.2, 0) is 18.2 Å². The van der Waals surface area contributed by atoms with E-state index in [9.17, 15) is 0 Å². The summed E-state index contributed by atoms with van der Waals surface area (Å²) in [7, 11) is 1.98. The molecule has 0 aliphatic carbocycles. The molecule has 2 N–H and O–H groups in total. The summed E-state index contributed by atoms with van der Waals surface area (Å²) in [6, 6.07) is 8.44. The third-order valence-corrected chi connectivity index (χ3v) is 4.10. The first-order chi connectivity index (χ1) is 9.15. The lowest BCUT2D eigenvalue weighted by Crippen LogP contribution is -2.33. The molecule has 1 aromatic heterocycles. The summed E-state index contributed by atoms with van der Waals surface area (Å²) in [5.74, 6) is 0.454. The van der Waals surface area contributed by atoms with Crippen molar-refractivity contribution in [2.45, 2.75) is 31.9 Å². The minimum Gasteiger partial charge on any atom is -0.378 e. The molecule has 2 aromatic rings. The van der Waals surface area contributed by atoms with Crippen molar-refractivity contribution in [3.63, 3.8) is 0 Å². The molecule has 0 spiro atoms. The lowest BCUT2D eigenvalue weighted by molar-refractivity contribution is 0.118. The monoisotopic (exact) mass is 259 g/mol. The zero-order valence-electron chi connectivity index (χ0n) is 11.5. The van der Waals surface area contributed by atoms with Crippen LogP contribution < -0.4 is 5.73 Å². The van der Waals surface area contributed by atoms with E-state index in [2.05, 4.69) is 30.2 Å². The van der Waals surface area contributed by atoms with Crippen molar-refractivity contribution in [2.75, 3.05) is 6.61 Å². The molecule has 1 fully saturated rings. The molecule has 3 atom stereocenters. The van der Waals surface area contributed by atoms with E-state index in [1.54, 1.807) is 0 Å². The Kier molecular flexibility index (Phi) is 3.29. The summed E-state index contributed by atoms with van der Waals surface area (Å²) in [4.78, 5) is 0. The van der Waals surface area contributed by atoms with Crippen LogP contribution in [0.3, 0.4) is 0 Å². The van der Waals surface area contributed by atoms with Gasteiger partial charge in [-0.2, -0.15) is 5.10 Å². The molecule has 0 amide bonds. The number of hydrogen-bond acceptors (Lipinski definition) is 3. The van der Waals surface area contributed by atoms with E-state index < -0.39 is 0 Å². The first-order valence-corrected chi connectivity index (χ1v) is 6.93. The third-order valence-electron chi connectivity index (χ3n) is 4.10. The van der Waals surface area contributed by atoms with Gasteiger partial charge in [-0.25, -0.2) is 0 Å². The number of para-hydroxylation sites is 1. The number of rotatable bonds is 3. The molecule has 4 nitrogen and oxygen atoms in total. The van der Waals surface area contributed by atoms with Crippen LogP contribution in [0, 0.1) is 5.92 Å². The normalized spacial score (nSPS) is 25.0. The van der Waals surface area contributed by atoms with Crippen LogP contribution in [0.1, 0.15) is 19.0 Å². The first kappa shape index (κ1) is 12.6. The number of fused-ring (bicyclic) bond motifs is 1. The molecule has 1 saturated heterocycles. The van der Waals surface area contributed by atoms with Gasteiger partial charge in [0.2, 0.25) is 0 Å². The van der Waals surface area contributed by atoms with Crippen LogP contribution in [0.4, 0.5) is 0 Å². The van der Waals surface area contributed by atoms with Gasteiger partial charge in [0.1, 0.15) is 0 Å². The molecule has 1 aliphatic heterocycles. The van der Waals surface area contributed by atoms with Crippen molar-refractivity contribution >= 4 is 10.9 Å². The van der Waals surface area contributed by atoms with Crippen molar-refractivity contribution < 1.29 is 4.74 Å². The van der Waals surface area contributed by atoms with E-state index >= 15 is 0 Å². The number of benzene rings is 1. The topological polar surface area (TPSA) is 53.1 Å². The Hall–Kier alpha value is -1.39. The van der Waals surface area contributed by atoms with Crippen molar-refractivity contribution in [2.24, 2.45) is 18.7 Å². The lowest BCUT2D eigenvalue weighted by atomic mass is 9.93. The molecule has 2 heterocycles.